The molecule has 0 unspecified atom stereocenters. The van der Waals surface area contributed by atoms with Crippen molar-refractivity contribution < 1.29 is 9.59 Å². The van der Waals surface area contributed by atoms with Gasteiger partial charge >= 0.3 is 0 Å². The maximum Gasteiger partial charge on any atom is 0.163 e. The molecular formula is C18H18O2. The second-order valence-electron chi connectivity index (χ2n) is 5.01. The quantitative estimate of drug-likeness (QED) is 0.766. The zero-order valence-corrected chi connectivity index (χ0v) is 11.8. The number of hydrogen-bond acceptors (Lipinski definition) is 2. The van der Waals surface area contributed by atoms with Crippen molar-refractivity contribution in [3.05, 3.63) is 70.8 Å². The van der Waals surface area contributed by atoms with Gasteiger partial charge in [-0.1, -0.05) is 48.0 Å². The van der Waals surface area contributed by atoms with Gasteiger partial charge < -0.3 is 0 Å². The fourth-order valence-electron chi connectivity index (χ4n) is 2.29. The minimum atomic E-state index is 0.0450. The molecule has 0 aliphatic carbocycles. The van der Waals surface area contributed by atoms with Crippen LogP contribution in [0.3, 0.4) is 0 Å². The number of carbonyl (C=O) groups is 2. The monoisotopic (exact) mass is 266 g/mol. The Morgan fingerprint density at radius 2 is 1.75 bits per heavy atom. The van der Waals surface area contributed by atoms with Crippen LogP contribution < -0.4 is 0 Å². The summed E-state index contributed by atoms with van der Waals surface area (Å²) in [6.07, 6.45) is 1.02. The molecule has 2 nitrogen and oxygen atoms in total. The molecule has 102 valence electrons. The smallest absolute Gasteiger partial charge is 0.163 e. The summed E-state index contributed by atoms with van der Waals surface area (Å²) < 4.78 is 0. The highest BCUT2D eigenvalue weighted by molar-refractivity contribution is 5.97. The molecule has 2 heteroatoms. The van der Waals surface area contributed by atoms with Gasteiger partial charge in [-0.3, -0.25) is 9.59 Å². The molecule has 0 heterocycles. The predicted molar refractivity (Wildman–Crippen MR) is 80.3 cm³/mol. The molecule has 0 aliphatic rings. The second kappa shape index (κ2) is 6.29. The van der Waals surface area contributed by atoms with Gasteiger partial charge in [0.2, 0.25) is 0 Å². The third-order valence-electron chi connectivity index (χ3n) is 3.36. The molecule has 2 rings (SSSR count). The molecule has 2 aromatic rings. The maximum atomic E-state index is 12.2. The lowest BCUT2D eigenvalue weighted by molar-refractivity contribution is 0.0977. The van der Waals surface area contributed by atoms with Crippen molar-refractivity contribution in [2.75, 3.05) is 0 Å². The highest BCUT2D eigenvalue weighted by Crippen LogP contribution is 2.14. The van der Waals surface area contributed by atoms with Crippen molar-refractivity contribution in [3.63, 3.8) is 0 Å². The largest absolute Gasteiger partial charge is 0.295 e. The Labute approximate surface area is 119 Å². The minimum absolute atomic E-state index is 0.0450. The molecule has 0 aromatic heterocycles. The molecule has 0 amide bonds. The molecule has 0 radical (unpaired) electrons. The van der Waals surface area contributed by atoms with E-state index in [1.165, 1.54) is 0 Å². The first-order valence-corrected chi connectivity index (χ1v) is 6.76. The molecule has 0 saturated carbocycles. The Hall–Kier alpha value is -2.22. The summed E-state index contributed by atoms with van der Waals surface area (Å²) in [5, 5.41) is 0. The molecular weight excluding hydrogens is 248 g/mol. The van der Waals surface area contributed by atoms with Crippen molar-refractivity contribution in [1.82, 2.24) is 0 Å². The van der Waals surface area contributed by atoms with E-state index in [2.05, 4.69) is 0 Å². The fraction of sp³-hybridized carbons (Fsp3) is 0.222. The van der Waals surface area contributed by atoms with Gasteiger partial charge in [-0.05, 0) is 31.9 Å². The van der Waals surface area contributed by atoms with Crippen LogP contribution in [0, 0.1) is 6.92 Å². The second-order valence-corrected chi connectivity index (χ2v) is 5.01. The van der Waals surface area contributed by atoms with Crippen molar-refractivity contribution >= 4 is 11.6 Å². The molecule has 0 atom stereocenters. The Morgan fingerprint density at radius 3 is 2.45 bits per heavy atom. The molecule has 0 fully saturated rings. The van der Waals surface area contributed by atoms with E-state index in [1.807, 2.05) is 55.5 Å². The SMILES string of the molecule is CC(=O)c1ccccc1CCC(=O)c1cccc(C)c1. The fourth-order valence-corrected chi connectivity index (χ4v) is 2.29. The lowest BCUT2D eigenvalue weighted by atomic mass is 9.97. The van der Waals surface area contributed by atoms with E-state index in [-0.39, 0.29) is 11.6 Å². The number of aryl methyl sites for hydroxylation is 2. The average molecular weight is 266 g/mol. The average Bonchev–Trinajstić information content (AvgIpc) is 2.45. The first-order valence-electron chi connectivity index (χ1n) is 6.76. The highest BCUT2D eigenvalue weighted by atomic mass is 16.1. The molecule has 2 aromatic carbocycles. The molecule has 20 heavy (non-hydrogen) atoms. The highest BCUT2D eigenvalue weighted by Gasteiger charge is 2.10. The third-order valence-corrected chi connectivity index (χ3v) is 3.36. The standard InChI is InChI=1S/C18H18O2/c1-13-6-5-8-16(12-13)18(20)11-10-15-7-3-4-9-17(15)14(2)19/h3-9,12H,10-11H2,1-2H3. The number of carbonyl (C=O) groups excluding carboxylic acids is 2. The summed E-state index contributed by atoms with van der Waals surface area (Å²) >= 11 is 0. The predicted octanol–water partition coefficient (Wildman–Crippen LogP) is 4.01. The van der Waals surface area contributed by atoms with Crippen LogP contribution in [-0.2, 0) is 6.42 Å². The molecule has 0 bridgehead atoms. The van der Waals surface area contributed by atoms with Gasteiger partial charge in [-0.2, -0.15) is 0 Å². The van der Waals surface area contributed by atoms with Crippen LogP contribution in [0.5, 0.6) is 0 Å². The zero-order valence-electron chi connectivity index (χ0n) is 11.8. The van der Waals surface area contributed by atoms with Gasteiger partial charge in [-0.25, -0.2) is 0 Å². The maximum absolute atomic E-state index is 12.2. The molecule has 0 N–H and O–H groups in total. The number of rotatable bonds is 5. The number of hydrogen-bond donors (Lipinski definition) is 0. The van der Waals surface area contributed by atoms with Gasteiger partial charge in [0, 0.05) is 17.5 Å². The van der Waals surface area contributed by atoms with E-state index in [0.717, 1.165) is 16.7 Å². The normalized spacial score (nSPS) is 10.3. The van der Waals surface area contributed by atoms with Gasteiger partial charge in [0.15, 0.2) is 11.6 Å². The van der Waals surface area contributed by atoms with Gasteiger partial charge in [0.05, 0.1) is 0 Å². The van der Waals surface area contributed by atoms with Crippen LogP contribution in [-0.4, -0.2) is 11.6 Å². The molecule has 0 spiro atoms. The summed E-state index contributed by atoms with van der Waals surface area (Å²) in [4.78, 5) is 23.7. The summed E-state index contributed by atoms with van der Waals surface area (Å²) in [7, 11) is 0. The minimum Gasteiger partial charge on any atom is -0.295 e. The van der Waals surface area contributed by atoms with Crippen molar-refractivity contribution in [2.24, 2.45) is 0 Å². The summed E-state index contributed by atoms with van der Waals surface area (Å²) in [6.45, 7) is 3.53. The number of ketones is 2. The van der Waals surface area contributed by atoms with E-state index >= 15 is 0 Å². The van der Waals surface area contributed by atoms with Crippen LogP contribution >= 0.6 is 0 Å². The first-order chi connectivity index (χ1) is 9.58. The number of Topliss-reactive ketones (excluding diaryl/α,β-unsaturated/α-hetero) is 2. The van der Waals surface area contributed by atoms with Gasteiger partial charge in [0.25, 0.3) is 0 Å². The van der Waals surface area contributed by atoms with E-state index in [9.17, 15) is 9.59 Å². The van der Waals surface area contributed by atoms with Crippen molar-refractivity contribution in [1.29, 1.82) is 0 Å². The van der Waals surface area contributed by atoms with E-state index < -0.39 is 0 Å². The van der Waals surface area contributed by atoms with E-state index in [4.69, 9.17) is 0 Å². The van der Waals surface area contributed by atoms with Gasteiger partial charge in [0.1, 0.15) is 0 Å². The van der Waals surface area contributed by atoms with Crippen LogP contribution in [0.15, 0.2) is 48.5 Å². The topological polar surface area (TPSA) is 34.1 Å². The lowest BCUT2D eigenvalue weighted by Crippen LogP contribution is -2.05. The van der Waals surface area contributed by atoms with Crippen molar-refractivity contribution in [3.8, 4) is 0 Å². The summed E-state index contributed by atoms with van der Waals surface area (Å²) in [5.74, 6) is 0.163. The zero-order chi connectivity index (χ0) is 14.5. The van der Waals surface area contributed by atoms with Crippen LogP contribution in [0.25, 0.3) is 0 Å². The summed E-state index contributed by atoms with van der Waals surface area (Å²) in [5.41, 5.74) is 3.48. The van der Waals surface area contributed by atoms with Crippen LogP contribution in [0.2, 0.25) is 0 Å². The van der Waals surface area contributed by atoms with Crippen LogP contribution in [0.1, 0.15) is 45.2 Å². The van der Waals surface area contributed by atoms with Crippen LogP contribution in [0.4, 0.5) is 0 Å². The first kappa shape index (κ1) is 14.2. The van der Waals surface area contributed by atoms with Gasteiger partial charge in [-0.15, -0.1) is 0 Å². The number of benzene rings is 2. The Kier molecular flexibility index (Phi) is 4.46. The van der Waals surface area contributed by atoms with E-state index in [0.29, 0.717) is 18.4 Å². The Bertz CT molecular complexity index is 641. The summed E-state index contributed by atoms with van der Waals surface area (Å²) in [6, 6.07) is 15.1. The Balaban J connectivity index is 2.09. The van der Waals surface area contributed by atoms with E-state index in [1.54, 1.807) is 6.92 Å². The Morgan fingerprint density at radius 1 is 1.00 bits per heavy atom. The molecule has 0 aliphatic heterocycles. The molecule has 0 saturated heterocycles. The van der Waals surface area contributed by atoms with Crippen molar-refractivity contribution in [2.45, 2.75) is 26.7 Å². The lowest BCUT2D eigenvalue weighted by Gasteiger charge is -2.06. The third kappa shape index (κ3) is 3.41.